The van der Waals surface area contributed by atoms with Gasteiger partial charge in [0.05, 0.1) is 11.1 Å². The molecule has 2 heterocycles. The second-order valence-electron chi connectivity index (χ2n) is 6.58. The Bertz CT molecular complexity index is 778. The summed E-state index contributed by atoms with van der Waals surface area (Å²) in [6.07, 6.45) is 8.82. The van der Waals surface area contributed by atoms with E-state index in [1.807, 2.05) is 46.3 Å². The zero-order valence-electron chi connectivity index (χ0n) is 13.2. The van der Waals surface area contributed by atoms with Crippen LogP contribution in [0.4, 0.5) is 5.69 Å². The molecule has 1 aromatic carbocycles. The zero-order chi connectivity index (χ0) is 16.0. The van der Waals surface area contributed by atoms with E-state index in [9.17, 15) is 4.79 Å². The first kappa shape index (κ1) is 14.1. The van der Waals surface area contributed by atoms with Crippen molar-refractivity contribution in [1.29, 1.82) is 0 Å². The molecule has 118 valence electrons. The molecule has 2 aliphatic rings. The third kappa shape index (κ3) is 1.94. The van der Waals surface area contributed by atoms with Gasteiger partial charge in [-0.15, -0.1) is 0 Å². The molecule has 0 radical (unpaired) electrons. The number of fused-ring (bicyclic) bond motifs is 1. The maximum Gasteiger partial charge on any atom is 0.275 e. The van der Waals surface area contributed by atoms with Crippen molar-refractivity contribution in [1.82, 2.24) is 4.68 Å². The number of nitrogens with zero attached hydrogens (tertiary/aromatic N) is 2. The first-order valence-corrected chi connectivity index (χ1v) is 8.17. The summed E-state index contributed by atoms with van der Waals surface area (Å²) in [6, 6.07) is 9.65. The number of amides is 1. The summed E-state index contributed by atoms with van der Waals surface area (Å²) < 4.78 is 1.90. The van der Waals surface area contributed by atoms with E-state index in [1.54, 1.807) is 6.07 Å². The molecule has 1 unspecified atom stereocenters. The third-order valence-electron chi connectivity index (χ3n) is 5.27. The molecule has 1 spiro atoms. The molecule has 1 aliphatic heterocycles. The number of carbonyl (C=O) groups is 1. The van der Waals surface area contributed by atoms with Crippen molar-refractivity contribution in [3.05, 3.63) is 66.0 Å². The van der Waals surface area contributed by atoms with Crippen LogP contribution in [0.2, 0.25) is 0 Å². The van der Waals surface area contributed by atoms with Gasteiger partial charge in [0, 0.05) is 24.5 Å². The number of benzene rings is 1. The molecule has 1 saturated carbocycles. The molecule has 1 aromatic heterocycles. The van der Waals surface area contributed by atoms with E-state index in [1.165, 1.54) is 0 Å². The molecule has 1 amide bonds. The number of carbonyl (C=O) groups excluding carboxylic acids is 1. The highest BCUT2D eigenvalue weighted by atomic mass is 16.2. The second-order valence-corrected chi connectivity index (χ2v) is 6.58. The quantitative estimate of drug-likeness (QED) is 0.649. The van der Waals surface area contributed by atoms with Gasteiger partial charge in [0.2, 0.25) is 0 Å². The number of nitrogen functional groups attached to an aromatic ring is 1. The predicted molar refractivity (Wildman–Crippen MR) is 91.9 cm³/mol. The number of hydrogen-bond donors (Lipinski definition) is 1. The highest BCUT2D eigenvalue weighted by Gasteiger charge is 2.49. The lowest BCUT2D eigenvalue weighted by molar-refractivity contribution is 0.0893. The first-order valence-electron chi connectivity index (χ1n) is 8.17. The minimum Gasteiger partial charge on any atom is -0.398 e. The van der Waals surface area contributed by atoms with Gasteiger partial charge in [-0.05, 0) is 48.6 Å². The second kappa shape index (κ2) is 5.01. The fourth-order valence-corrected chi connectivity index (χ4v) is 4.14. The molecule has 4 nitrogen and oxygen atoms in total. The summed E-state index contributed by atoms with van der Waals surface area (Å²) in [5.74, 6) is -0.0244. The minimum atomic E-state index is -0.338. The van der Waals surface area contributed by atoms with Gasteiger partial charge >= 0.3 is 0 Å². The minimum absolute atomic E-state index is 0.0244. The van der Waals surface area contributed by atoms with E-state index in [0.29, 0.717) is 11.3 Å². The molecule has 0 saturated heterocycles. The monoisotopic (exact) mass is 307 g/mol. The van der Waals surface area contributed by atoms with Gasteiger partial charge in [0.1, 0.15) is 0 Å². The molecule has 1 aliphatic carbocycles. The van der Waals surface area contributed by atoms with E-state index in [-0.39, 0.29) is 11.4 Å². The molecule has 4 heteroatoms. The van der Waals surface area contributed by atoms with E-state index >= 15 is 0 Å². The van der Waals surface area contributed by atoms with Gasteiger partial charge in [0.15, 0.2) is 0 Å². The van der Waals surface area contributed by atoms with Gasteiger partial charge in [-0.2, -0.15) is 0 Å². The van der Waals surface area contributed by atoms with E-state index in [4.69, 9.17) is 5.73 Å². The summed E-state index contributed by atoms with van der Waals surface area (Å²) >= 11 is 0. The molecular weight excluding hydrogens is 286 g/mol. The first-order chi connectivity index (χ1) is 11.1. The number of hydrogen-bond acceptors (Lipinski definition) is 2. The normalized spacial score (nSPS) is 24.1. The number of rotatable bonds is 1. The highest BCUT2D eigenvalue weighted by molar-refractivity contribution is 6.09. The van der Waals surface area contributed by atoms with Crippen molar-refractivity contribution in [2.45, 2.75) is 37.6 Å². The highest BCUT2D eigenvalue weighted by Crippen LogP contribution is 2.44. The van der Waals surface area contributed by atoms with Gasteiger partial charge in [0.25, 0.3) is 5.91 Å². The lowest BCUT2D eigenvalue weighted by Gasteiger charge is -2.51. The van der Waals surface area contributed by atoms with Crippen LogP contribution in [-0.4, -0.2) is 16.1 Å². The molecule has 2 N–H and O–H groups in total. The standard InChI is InChI=1S/C19H21N3O/c1-14-7-2-3-10-19(14)13-15-8-6-9-16(20)17(15)18(23)22(19)21-11-4-5-12-21/h4-6,8-9,11-12H,1-3,7,10,13,20H2. The fraction of sp³-hybridized carbons (Fsp3) is 0.316. The SMILES string of the molecule is C=C1CCCCC12Cc1cccc(N)c1C(=O)N2n1cccc1. The maximum atomic E-state index is 13.3. The van der Waals surface area contributed by atoms with Crippen molar-refractivity contribution in [2.75, 3.05) is 10.7 Å². The lowest BCUT2D eigenvalue weighted by Crippen LogP contribution is -2.63. The van der Waals surface area contributed by atoms with Crippen molar-refractivity contribution < 1.29 is 4.79 Å². The Morgan fingerprint density at radius 3 is 2.65 bits per heavy atom. The summed E-state index contributed by atoms with van der Waals surface area (Å²) in [7, 11) is 0. The van der Waals surface area contributed by atoms with Gasteiger partial charge in [-0.3, -0.25) is 9.47 Å². The topological polar surface area (TPSA) is 51.3 Å². The van der Waals surface area contributed by atoms with Crippen LogP contribution in [-0.2, 0) is 6.42 Å². The van der Waals surface area contributed by atoms with E-state index in [2.05, 4.69) is 6.58 Å². The summed E-state index contributed by atoms with van der Waals surface area (Å²) in [4.78, 5) is 13.3. The van der Waals surface area contributed by atoms with Crippen LogP contribution in [0.3, 0.4) is 0 Å². The van der Waals surface area contributed by atoms with Crippen LogP contribution in [0.5, 0.6) is 0 Å². The Labute approximate surface area is 136 Å². The Morgan fingerprint density at radius 1 is 1.13 bits per heavy atom. The van der Waals surface area contributed by atoms with Crippen molar-refractivity contribution in [2.24, 2.45) is 0 Å². The fourth-order valence-electron chi connectivity index (χ4n) is 4.14. The van der Waals surface area contributed by atoms with Gasteiger partial charge in [-0.25, -0.2) is 5.01 Å². The Hall–Kier alpha value is -2.49. The zero-order valence-corrected chi connectivity index (χ0v) is 13.2. The van der Waals surface area contributed by atoms with E-state index in [0.717, 1.165) is 43.2 Å². The molecular formula is C19H21N3O. The maximum absolute atomic E-state index is 13.3. The van der Waals surface area contributed by atoms with E-state index < -0.39 is 0 Å². The predicted octanol–water partition coefficient (Wildman–Crippen LogP) is 3.27. The number of aromatic nitrogens is 1. The van der Waals surface area contributed by atoms with Crippen molar-refractivity contribution in [3.63, 3.8) is 0 Å². The summed E-state index contributed by atoms with van der Waals surface area (Å²) in [6.45, 7) is 4.34. The summed E-state index contributed by atoms with van der Waals surface area (Å²) in [5, 5.41) is 1.88. The molecule has 23 heavy (non-hydrogen) atoms. The van der Waals surface area contributed by atoms with Gasteiger partial charge in [-0.1, -0.05) is 25.1 Å². The number of nitrogens with two attached hydrogens (primary N) is 1. The van der Waals surface area contributed by atoms with Crippen LogP contribution < -0.4 is 10.7 Å². The molecule has 2 aromatic rings. The number of anilines is 1. The molecule has 4 rings (SSSR count). The van der Waals surface area contributed by atoms with Crippen LogP contribution in [0.1, 0.15) is 41.6 Å². The van der Waals surface area contributed by atoms with Crippen molar-refractivity contribution >= 4 is 11.6 Å². The van der Waals surface area contributed by atoms with Crippen molar-refractivity contribution in [3.8, 4) is 0 Å². The smallest absolute Gasteiger partial charge is 0.275 e. The largest absolute Gasteiger partial charge is 0.398 e. The lowest BCUT2D eigenvalue weighted by atomic mass is 9.71. The summed E-state index contributed by atoms with van der Waals surface area (Å²) in [5.41, 5.74) is 9.18. The third-order valence-corrected chi connectivity index (χ3v) is 5.27. The van der Waals surface area contributed by atoms with Crippen LogP contribution in [0.25, 0.3) is 0 Å². The Balaban J connectivity index is 1.94. The Kier molecular flexibility index (Phi) is 3.08. The molecule has 0 bridgehead atoms. The van der Waals surface area contributed by atoms with Crippen LogP contribution in [0.15, 0.2) is 54.9 Å². The van der Waals surface area contributed by atoms with Gasteiger partial charge < -0.3 is 5.73 Å². The van der Waals surface area contributed by atoms with Crippen LogP contribution in [0, 0.1) is 0 Å². The average Bonchev–Trinajstić information content (AvgIpc) is 3.04. The van der Waals surface area contributed by atoms with Crippen LogP contribution >= 0.6 is 0 Å². The Morgan fingerprint density at radius 2 is 1.91 bits per heavy atom. The average molecular weight is 307 g/mol. The molecule has 1 atom stereocenters. The molecule has 1 fully saturated rings.